The van der Waals surface area contributed by atoms with E-state index in [1.54, 1.807) is 17.0 Å². The molecule has 0 spiro atoms. The third kappa shape index (κ3) is 3.47. The topological polar surface area (TPSA) is 71.3 Å². The smallest absolute Gasteiger partial charge is 0.318 e. The molecule has 1 N–H and O–H groups in total. The van der Waals surface area contributed by atoms with Gasteiger partial charge in [-0.1, -0.05) is 28.9 Å². The van der Waals surface area contributed by atoms with Crippen molar-refractivity contribution in [3.05, 3.63) is 35.2 Å². The van der Waals surface area contributed by atoms with E-state index in [0.29, 0.717) is 23.3 Å². The first-order chi connectivity index (χ1) is 11.0. The number of nitrogens with zero attached hydrogens (tertiary/aromatic N) is 3. The standard InChI is InChI=1S/C16H19ClN4O2/c1-10(2)18-16(22)21-8-4-7-13(21)15-19-14(20-23-15)11-5-3-6-12(17)9-11/h3,5-6,9-10,13H,4,7-8H2,1-2H3,(H,18,22). The summed E-state index contributed by atoms with van der Waals surface area (Å²) >= 11 is 5.99. The summed E-state index contributed by atoms with van der Waals surface area (Å²) in [5, 5.41) is 7.55. The van der Waals surface area contributed by atoms with Crippen LogP contribution in [0.2, 0.25) is 5.02 Å². The number of hydrogen-bond acceptors (Lipinski definition) is 4. The Labute approximate surface area is 139 Å². The first-order valence-electron chi connectivity index (χ1n) is 7.71. The first kappa shape index (κ1) is 15.8. The highest BCUT2D eigenvalue weighted by Crippen LogP contribution is 2.32. The van der Waals surface area contributed by atoms with Crippen LogP contribution in [-0.2, 0) is 0 Å². The lowest BCUT2D eigenvalue weighted by molar-refractivity contribution is 0.178. The van der Waals surface area contributed by atoms with Crippen LogP contribution in [0.15, 0.2) is 28.8 Å². The van der Waals surface area contributed by atoms with Gasteiger partial charge in [-0.15, -0.1) is 0 Å². The molecule has 2 heterocycles. The van der Waals surface area contributed by atoms with Gasteiger partial charge in [0, 0.05) is 23.2 Å². The van der Waals surface area contributed by atoms with Crippen molar-refractivity contribution in [3.63, 3.8) is 0 Å². The van der Waals surface area contributed by atoms with Gasteiger partial charge in [0.1, 0.15) is 6.04 Å². The minimum atomic E-state index is -0.172. The summed E-state index contributed by atoms with van der Waals surface area (Å²) in [7, 11) is 0. The third-order valence-corrected chi connectivity index (χ3v) is 3.97. The minimum absolute atomic E-state index is 0.0912. The fourth-order valence-corrected chi connectivity index (χ4v) is 2.90. The van der Waals surface area contributed by atoms with Crippen LogP contribution in [0.3, 0.4) is 0 Å². The summed E-state index contributed by atoms with van der Waals surface area (Å²) in [4.78, 5) is 18.5. The van der Waals surface area contributed by atoms with E-state index in [4.69, 9.17) is 16.1 Å². The molecule has 1 unspecified atom stereocenters. The lowest BCUT2D eigenvalue weighted by atomic mass is 10.2. The predicted octanol–water partition coefficient (Wildman–Crippen LogP) is 3.64. The Morgan fingerprint density at radius 3 is 3.04 bits per heavy atom. The van der Waals surface area contributed by atoms with E-state index >= 15 is 0 Å². The molecule has 1 aliphatic rings. The van der Waals surface area contributed by atoms with Crippen molar-refractivity contribution in [2.75, 3.05) is 6.54 Å². The minimum Gasteiger partial charge on any atom is -0.337 e. The molecule has 122 valence electrons. The summed E-state index contributed by atoms with van der Waals surface area (Å²) in [5.41, 5.74) is 0.795. The number of hydrogen-bond donors (Lipinski definition) is 1. The molecule has 2 aromatic rings. The van der Waals surface area contributed by atoms with Crippen molar-refractivity contribution >= 4 is 17.6 Å². The van der Waals surface area contributed by atoms with Crippen molar-refractivity contribution in [3.8, 4) is 11.4 Å². The molecule has 23 heavy (non-hydrogen) atoms. The molecule has 1 saturated heterocycles. The highest BCUT2D eigenvalue weighted by Gasteiger charge is 2.34. The summed E-state index contributed by atoms with van der Waals surface area (Å²) in [6.07, 6.45) is 1.74. The Hall–Kier alpha value is -2.08. The quantitative estimate of drug-likeness (QED) is 0.930. The fourth-order valence-electron chi connectivity index (χ4n) is 2.71. The van der Waals surface area contributed by atoms with Gasteiger partial charge in [-0.3, -0.25) is 0 Å². The zero-order valence-electron chi connectivity index (χ0n) is 13.1. The van der Waals surface area contributed by atoms with E-state index in [-0.39, 0.29) is 18.1 Å². The molecule has 1 aromatic carbocycles. The summed E-state index contributed by atoms with van der Waals surface area (Å²) in [5.74, 6) is 0.954. The van der Waals surface area contributed by atoms with Gasteiger partial charge in [-0.05, 0) is 38.8 Å². The lowest BCUT2D eigenvalue weighted by Crippen LogP contribution is -2.42. The summed E-state index contributed by atoms with van der Waals surface area (Å²) < 4.78 is 5.40. The van der Waals surface area contributed by atoms with Crippen molar-refractivity contribution in [2.45, 2.75) is 38.8 Å². The Balaban J connectivity index is 1.80. The van der Waals surface area contributed by atoms with E-state index in [0.717, 1.165) is 18.4 Å². The number of amides is 2. The highest BCUT2D eigenvalue weighted by molar-refractivity contribution is 6.30. The fraction of sp³-hybridized carbons (Fsp3) is 0.438. The van der Waals surface area contributed by atoms with Gasteiger partial charge in [0.15, 0.2) is 0 Å². The number of urea groups is 1. The molecule has 3 rings (SSSR count). The van der Waals surface area contributed by atoms with Gasteiger partial charge in [-0.2, -0.15) is 4.98 Å². The average molecular weight is 335 g/mol. The van der Waals surface area contributed by atoms with E-state index in [2.05, 4.69) is 15.5 Å². The molecule has 7 heteroatoms. The maximum Gasteiger partial charge on any atom is 0.318 e. The maximum absolute atomic E-state index is 12.3. The number of carbonyl (C=O) groups excluding carboxylic acids is 1. The van der Waals surface area contributed by atoms with E-state index < -0.39 is 0 Å². The molecule has 1 atom stereocenters. The molecule has 1 fully saturated rings. The van der Waals surface area contributed by atoms with Crippen molar-refractivity contribution in [1.29, 1.82) is 0 Å². The normalized spacial score (nSPS) is 17.7. The number of halogens is 1. The molecule has 0 aliphatic carbocycles. The number of carbonyl (C=O) groups is 1. The number of rotatable bonds is 3. The maximum atomic E-state index is 12.3. The lowest BCUT2D eigenvalue weighted by Gasteiger charge is -2.23. The summed E-state index contributed by atoms with van der Waals surface area (Å²) in [6, 6.07) is 7.12. The first-order valence-corrected chi connectivity index (χ1v) is 8.09. The Kier molecular flexibility index (Phi) is 4.52. The Bertz CT molecular complexity index is 701. The molecule has 2 amide bonds. The summed E-state index contributed by atoms with van der Waals surface area (Å²) in [6.45, 7) is 4.57. The second kappa shape index (κ2) is 6.58. The van der Waals surface area contributed by atoms with Crippen LogP contribution in [0.5, 0.6) is 0 Å². The van der Waals surface area contributed by atoms with Gasteiger partial charge >= 0.3 is 6.03 Å². The molecular weight excluding hydrogens is 316 g/mol. The number of aromatic nitrogens is 2. The van der Waals surface area contributed by atoms with Crippen LogP contribution >= 0.6 is 11.6 Å². The highest BCUT2D eigenvalue weighted by atomic mass is 35.5. The molecule has 6 nitrogen and oxygen atoms in total. The van der Waals surface area contributed by atoms with Crippen LogP contribution in [0.1, 0.15) is 38.6 Å². The largest absolute Gasteiger partial charge is 0.337 e. The monoisotopic (exact) mass is 334 g/mol. The average Bonchev–Trinajstić information content (AvgIpc) is 3.15. The van der Waals surface area contributed by atoms with Crippen LogP contribution in [-0.4, -0.2) is 33.7 Å². The van der Waals surface area contributed by atoms with Crippen LogP contribution < -0.4 is 5.32 Å². The number of benzene rings is 1. The predicted molar refractivity (Wildman–Crippen MR) is 87.1 cm³/mol. The molecule has 0 radical (unpaired) electrons. The SMILES string of the molecule is CC(C)NC(=O)N1CCCC1c1nc(-c2cccc(Cl)c2)no1. The van der Waals surface area contributed by atoms with Gasteiger partial charge in [0.25, 0.3) is 0 Å². The molecule has 0 saturated carbocycles. The zero-order chi connectivity index (χ0) is 16.4. The van der Waals surface area contributed by atoms with Gasteiger partial charge in [-0.25, -0.2) is 4.79 Å². The number of nitrogens with one attached hydrogen (secondary N) is 1. The van der Waals surface area contributed by atoms with E-state index in [9.17, 15) is 4.79 Å². The van der Waals surface area contributed by atoms with Crippen LogP contribution in [0, 0.1) is 0 Å². The number of likely N-dealkylation sites (tertiary alicyclic amines) is 1. The van der Waals surface area contributed by atoms with Crippen molar-refractivity contribution < 1.29 is 9.32 Å². The molecule has 1 aromatic heterocycles. The second-order valence-corrected chi connectivity index (χ2v) is 6.36. The van der Waals surface area contributed by atoms with E-state index in [1.807, 2.05) is 26.0 Å². The molecule has 0 bridgehead atoms. The third-order valence-electron chi connectivity index (χ3n) is 3.74. The molecule has 1 aliphatic heterocycles. The second-order valence-electron chi connectivity index (χ2n) is 5.92. The van der Waals surface area contributed by atoms with Gasteiger partial charge in [0.2, 0.25) is 11.7 Å². The Morgan fingerprint density at radius 1 is 1.48 bits per heavy atom. The van der Waals surface area contributed by atoms with E-state index in [1.165, 1.54) is 0 Å². The van der Waals surface area contributed by atoms with Gasteiger partial charge < -0.3 is 14.7 Å². The molecular formula is C16H19ClN4O2. The van der Waals surface area contributed by atoms with Crippen LogP contribution in [0.4, 0.5) is 4.79 Å². The zero-order valence-corrected chi connectivity index (χ0v) is 13.9. The van der Waals surface area contributed by atoms with Gasteiger partial charge in [0.05, 0.1) is 0 Å². The Morgan fingerprint density at radius 2 is 2.30 bits per heavy atom. The van der Waals surface area contributed by atoms with Crippen molar-refractivity contribution in [1.82, 2.24) is 20.4 Å². The van der Waals surface area contributed by atoms with Crippen LogP contribution in [0.25, 0.3) is 11.4 Å². The van der Waals surface area contributed by atoms with Crippen molar-refractivity contribution in [2.24, 2.45) is 0 Å².